The van der Waals surface area contributed by atoms with Crippen LogP contribution < -0.4 is 0 Å². The highest BCUT2D eigenvalue weighted by molar-refractivity contribution is 6.29. The Hall–Kier alpha value is -3.62. The molecule has 3 aromatic heterocycles. The topological polar surface area (TPSA) is 51.8 Å². The van der Waals surface area contributed by atoms with Crippen molar-refractivity contribution >= 4 is 22.6 Å². The summed E-state index contributed by atoms with van der Waals surface area (Å²) in [6.45, 7) is 1.71. The van der Waals surface area contributed by atoms with Crippen molar-refractivity contribution in [3.63, 3.8) is 0 Å². The fourth-order valence-corrected chi connectivity index (χ4v) is 4.00. The molecule has 0 amide bonds. The van der Waals surface area contributed by atoms with E-state index in [1.54, 1.807) is 23.0 Å². The van der Waals surface area contributed by atoms with Crippen molar-refractivity contribution in [1.29, 1.82) is 0 Å². The van der Waals surface area contributed by atoms with E-state index in [2.05, 4.69) is 20.0 Å². The first kappa shape index (κ1) is 22.2. The zero-order valence-electron chi connectivity index (χ0n) is 18.6. The molecule has 5 rings (SSSR count). The molecule has 3 heterocycles. The van der Waals surface area contributed by atoms with E-state index in [-0.39, 0.29) is 10.7 Å². The predicted molar refractivity (Wildman–Crippen MR) is 129 cm³/mol. The molecule has 0 fully saturated rings. The number of nitrogens with zero attached hydrogens (tertiary/aromatic N) is 6. The molecule has 34 heavy (non-hydrogen) atoms. The minimum atomic E-state index is -0.667. The Balaban J connectivity index is 1.49. The van der Waals surface area contributed by atoms with Crippen LogP contribution in [0.25, 0.3) is 39.1 Å². The smallest absolute Gasteiger partial charge is 0.140 e. The standard InChI is InChI=1S/C25H21ClF2N6/c1-32(2)7-8-33-14-18(13-30-33)16-3-6-23-22(9-16)29-15-34(23)25-11-17(10-24(26)31-25)20-5-4-19(27)12-21(20)28/h3-6,9-15H,7-8H2,1-2H3. The minimum absolute atomic E-state index is 0.194. The summed E-state index contributed by atoms with van der Waals surface area (Å²) in [5.41, 5.74) is 4.34. The molecular weight excluding hydrogens is 458 g/mol. The molecule has 2 aromatic carbocycles. The van der Waals surface area contributed by atoms with Crippen LogP contribution in [0, 0.1) is 11.6 Å². The lowest BCUT2D eigenvalue weighted by Crippen LogP contribution is -2.18. The Labute approximate surface area is 200 Å². The first-order valence-corrected chi connectivity index (χ1v) is 11.0. The van der Waals surface area contributed by atoms with Gasteiger partial charge in [0.2, 0.25) is 0 Å². The number of aromatic nitrogens is 5. The highest BCUT2D eigenvalue weighted by atomic mass is 35.5. The van der Waals surface area contributed by atoms with E-state index in [0.29, 0.717) is 11.4 Å². The summed E-state index contributed by atoms with van der Waals surface area (Å²) in [4.78, 5) is 11.0. The molecule has 0 N–H and O–H groups in total. The Bertz CT molecular complexity index is 1490. The van der Waals surface area contributed by atoms with E-state index in [0.717, 1.165) is 41.3 Å². The number of likely N-dealkylation sites (N-methyl/N-ethyl adjacent to an activating group) is 1. The van der Waals surface area contributed by atoms with Gasteiger partial charge in [-0.05, 0) is 61.6 Å². The fourth-order valence-electron chi connectivity index (χ4n) is 3.80. The van der Waals surface area contributed by atoms with Crippen LogP contribution in [-0.2, 0) is 6.54 Å². The molecule has 0 saturated carbocycles. The first-order valence-electron chi connectivity index (χ1n) is 10.7. The SMILES string of the molecule is CN(C)CCn1cc(-c2ccc3c(c2)ncn3-c2cc(-c3ccc(F)cc3F)cc(Cl)n2)cn1. The van der Waals surface area contributed by atoms with Gasteiger partial charge in [-0.1, -0.05) is 17.7 Å². The third-order valence-electron chi connectivity index (χ3n) is 5.56. The number of benzene rings is 2. The maximum absolute atomic E-state index is 14.4. The molecule has 0 spiro atoms. The molecule has 0 aliphatic rings. The van der Waals surface area contributed by atoms with Gasteiger partial charge in [0.15, 0.2) is 0 Å². The second kappa shape index (κ2) is 8.96. The van der Waals surface area contributed by atoms with Crippen molar-refractivity contribution < 1.29 is 8.78 Å². The van der Waals surface area contributed by atoms with Crippen molar-refractivity contribution in [2.24, 2.45) is 0 Å². The monoisotopic (exact) mass is 478 g/mol. The van der Waals surface area contributed by atoms with Gasteiger partial charge >= 0.3 is 0 Å². The molecule has 0 radical (unpaired) electrons. The number of hydrogen-bond donors (Lipinski definition) is 0. The van der Waals surface area contributed by atoms with Crippen molar-refractivity contribution in [3.8, 4) is 28.1 Å². The van der Waals surface area contributed by atoms with Gasteiger partial charge in [0.25, 0.3) is 0 Å². The van der Waals surface area contributed by atoms with Crippen LogP contribution >= 0.6 is 11.6 Å². The largest absolute Gasteiger partial charge is 0.308 e. The van der Waals surface area contributed by atoms with E-state index >= 15 is 0 Å². The van der Waals surface area contributed by atoms with E-state index < -0.39 is 11.6 Å². The number of pyridine rings is 1. The molecule has 0 saturated heterocycles. The number of fused-ring (bicyclic) bond motifs is 1. The average Bonchev–Trinajstić information content (AvgIpc) is 3.44. The summed E-state index contributed by atoms with van der Waals surface area (Å²) in [5, 5.41) is 4.64. The Morgan fingerprint density at radius 2 is 1.82 bits per heavy atom. The highest BCUT2D eigenvalue weighted by Gasteiger charge is 2.13. The second-order valence-corrected chi connectivity index (χ2v) is 8.66. The summed E-state index contributed by atoms with van der Waals surface area (Å²) in [6.07, 6.45) is 5.51. The molecule has 172 valence electrons. The molecular formula is C25H21ClF2N6. The third-order valence-corrected chi connectivity index (χ3v) is 5.75. The minimum Gasteiger partial charge on any atom is -0.308 e. The molecule has 5 aromatic rings. The van der Waals surface area contributed by atoms with E-state index in [4.69, 9.17) is 11.6 Å². The van der Waals surface area contributed by atoms with Gasteiger partial charge in [-0.3, -0.25) is 9.25 Å². The average molecular weight is 479 g/mol. The molecule has 6 nitrogen and oxygen atoms in total. The molecule has 0 bridgehead atoms. The van der Waals surface area contributed by atoms with Gasteiger partial charge < -0.3 is 4.90 Å². The number of rotatable bonds is 6. The van der Waals surface area contributed by atoms with Gasteiger partial charge in [0.05, 0.1) is 23.8 Å². The van der Waals surface area contributed by atoms with Crippen LogP contribution in [0.3, 0.4) is 0 Å². The van der Waals surface area contributed by atoms with Crippen LogP contribution in [0.2, 0.25) is 5.15 Å². The lowest BCUT2D eigenvalue weighted by Gasteiger charge is -2.09. The van der Waals surface area contributed by atoms with Gasteiger partial charge in [0.1, 0.15) is 28.9 Å². The summed E-state index contributed by atoms with van der Waals surface area (Å²) < 4.78 is 31.4. The Morgan fingerprint density at radius 1 is 0.971 bits per heavy atom. The quantitative estimate of drug-likeness (QED) is 0.305. The van der Waals surface area contributed by atoms with Crippen LogP contribution in [0.1, 0.15) is 0 Å². The van der Waals surface area contributed by atoms with Gasteiger partial charge in [0, 0.05) is 29.9 Å². The number of halogens is 3. The summed E-state index contributed by atoms with van der Waals surface area (Å²) in [5.74, 6) is -0.821. The van der Waals surface area contributed by atoms with Gasteiger partial charge in [-0.15, -0.1) is 0 Å². The number of imidazole rings is 1. The van der Waals surface area contributed by atoms with E-state index in [9.17, 15) is 8.78 Å². The van der Waals surface area contributed by atoms with E-state index in [1.807, 2.05) is 49.4 Å². The van der Waals surface area contributed by atoms with Gasteiger partial charge in [-0.25, -0.2) is 18.7 Å². The molecule has 9 heteroatoms. The van der Waals surface area contributed by atoms with Crippen molar-refractivity contribution in [2.45, 2.75) is 6.54 Å². The van der Waals surface area contributed by atoms with E-state index in [1.165, 1.54) is 12.1 Å². The third kappa shape index (κ3) is 4.42. The predicted octanol–water partition coefficient (Wildman–Crippen LogP) is 5.44. The van der Waals surface area contributed by atoms with Crippen LogP contribution in [0.4, 0.5) is 8.78 Å². The first-order chi connectivity index (χ1) is 16.4. The Morgan fingerprint density at radius 3 is 2.62 bits per heavy atom. The highest BCUT2D eigenvalue weighted by Crippen LogP contribution is 2.29. The summed E-state index contributed by atoms with van der Waals surface area (Å²) in [7, 11) is 4.06. The van der Waals surface area contributed by atoms with Crippen molar-refractivity contribution in [2.75, 3.05) is 20.6 Å². The van der Waals surface area contributed by atoms with Gasteiger partial charge in [-0.2, -0.15) is 5.10 Å². The van der Waals surface area contributed by atoms with Crippen LogP contribution in [0.15, 0.2) is 67.3 Å². The summed E-state index contributed by atoms with van der Waals surface area (Å²) in [6, 6.07) is 12.6. The van der Waals surface area contributed by atoms with Crippen LogP contribution in [-0.4, -0.2) is 49.9 Å². The maximum Gasteiger partial charge on any atom is 0.140 e. The molecule has 0 aliphatic carbocycles. The summed E-state index contributed by atoms with van der Waals surface area (Å²) >= 11 is 6.25. The normalized spacial score (nSPS) is 11.6. The maximum atomic E-state index is 14.4. The lowest BCUT2D eigenvalue weighted by molar-refractivity contribution is 0.373. The zero-order chi connectivity index (χ0) is 23.8. The number of hydrogen-bond acceptors (Lipinski definition) is 4. The van der Waals surface area contributed by atoms with Crippen LogP contribution in [0.5, 0.6) is 0 Å². The lowest BCUT2D eigenvalue weighted by atomic mass is 10.1. The molecule has 0 aliphatic heterocycles. The molecule has 0 unspecified atom stereocenters. The zero-order valence-corrected chi connectivity index (χ0v) is 19.3. The Kier molecular flexibility index (Phi) is 5.85. The van der Waals surface area contributed by atoms with Crippen molar-refractivity contribution in [1.82, 2.24) is 29.2 Å². The van der Waals surface area contributed by atoms with Crippen molar-refractivity contribution in [3.05, 3.63) is 84.0 Å². The fraction of sp³-hybridized carbons (Fsp3) is 0.160. The molecule has 0 atom stereocenters. The second-order valence-electron chi connectivity index (χ2n) is 8.27.